The van der Waals surface area contributed by atoms with Crippen molar-refractivity contribution < 1.29 is 14.2 Å². The Bertz CT molecular complexity index is 602. The molecule has 0 bridgehead atoms. The summed E-state index contributed by atoms with van der Waals surface area (Å²) >= 11 is 0. The zero-order valence-corrected chi connectivity index (χ0v) is 11.4. The standard InChI is InChI=1S/C12H17N5O3/c1-18-4-8-7(19-2)3-9(20-8)17-6-16-10-11(13)14-5-15-12(10)17/h5-9H,3-4H2,1-2H3,(H2,13,14,15). The van der Waals surface area contributed by atoms with Crippen molar-refractivity contribution in [3.05, 3.63) is 12.7 Å². The first-order valence-corrected chi connectivity index (χ1v) is 6.34. The number of imidazole rings is 1. The summed E-state index contributed by atoms with van der Waals surface area (Å²) in [4.78, 5) is 12.4. The first-order chi connectivity index (χ1) is 9.74. The fourth-order valence-electron chi connectivity index (χ4n) is 2.51. The molecule has 0 spiro atoms. The Morgan fingerprint density at radius 3 is 3.00 bits per heavy atom. The van der Waals surface area contributed by atoms with Crippen LogP contribution in [0.2, 0.25) is 0 Å². The van der Waals surface area contributed by atoms with Gasteiger partial charge in [0.15, 0.2) is 11.5 Å². The minimum atomic E-state index is -0.195. The molecule has 2 aromatic rings. The summed E-state index contributed by atoms with van der Waals surface area (Å²) < 4.78 is 18.4. The number of nitrogen functional groups attached to an aromatic ring is 1. The minimum absolute atomic E-state index is 0.0171. The van der Waals surface area contributed by atoms with Crippen molar-refractivity contribution in [3.63, 3.8) is 0 Å². The van der Waals surface area contributed by atoms with Crippen molar-refractivity contribution >= 4 is 17.0 Å². The molecule has 108 valence electrons. The predicted molar refractivity (Wildman–Crippen MR) is 70.9 cm³/mol. The lowest BCUT2D eigenvalue weighted by Gasteiger charge is -2.16. The van der Waals surface area contributed by atoms with Crippen molar-refractivity contribution in [1.29, 1.82) is 0 Å². The molecule has 3 atom stereocenters. The molecule has 0 saturated carbocycles. The van der Waals surface area contributed by atoms with E-state index in [1.54, 1.807) is 20.5 Å². The molecule has 3 heterocycles. The third-order valence-corrected chi connectivity index (χ3v) is 3.51. The first-order valence-electron chi connectivity index (χ1n) is 6.34. The summed E-state index contributed by atoms with van der Waals surface area (Å²) in [6.45, 7) is 0.485. The fraction of sp³-hybridized carbons (Fsp3) is 0.583. The fourth-order valence-corrected chi connectivity index (χ4v) is 2.51. The van der Waals surface area contributed by atoms with Gasteiger partial charge in [-0.1, -0.05) is 0 Å². The molecule has 0 aromatic carbocycles. The lowest BCUT2D eigenvalue weighted by atomic mass is 10.2. The van der Waals surface area contributed by atoms with Gasteiger partial charge in [-0.15, -0.1) is 0 Å². The smallest absolute Gasteiger partial charge is 0.167 e. The van der Waals surface area contributed by atoms with E-state index < -0.39 is 0 Å². The van der Waals surface area contributed by atoms with E-state index in [0.717, 1.165) is 0 Å². The number of hydrogen-bond acceptors (Lipinski definition) is 7. The van der Waals surface area contributed by atoms with Crippen LogP contribution in [0.25, 0.3) is 11.2 Å². The maximum absolute atomic E-state index is 5.97. The number of ether oxygens (including phenoxy) is 3. The van der Waals surface area contributed by atoms with E-state index in [-0.39, 0.29) is 18.4 Å². The average molecular weight is 279 g/mol. The highest BCUT2D eigenvalue weighted by atomic mass is 16.6. The van der Waals surface area contributed by atoms with E-state index in [9.17, 15) is 0 Å². The molecule has 20 heavy (non-hydrogen) atoms. The molecule has 0 aliphatic carbocycles. The van der Waals surface area contributed by atoms with Crippen LogP contribution >= 0.6 is 0 Å². The maximum atomic E-state index is 5.97. The molecule has 2 N–H and O–H groups in total. The third kappa shape index (κ3) is 2.11. The van der Waals surface area contributed by atoms with Crippen LogP contribution < -0.4 is 5.73 Å². The number of anilines is 1. The van der Waals surface area contributed by atoms with E-state index >= 15 is 0 Å². The van der Waals surface area contributed by atoms with Crippen molar-refractivity contribution in [2.24, 2.45) is 0 Å². The Balaban J connectivity index is 1.90. The molecule has 2 aromatic heterocycles. The highest BCUT2D eigenvalue weighted by Gasteiger charge is 2.37. The highest BCUT2D eigenvalue weighted by molar-refractivity contribution is 5.81. The van der Waals surface area contributed by atoms with Crippen molar-refractivity contribution in [2.45, 2.75) is 24.9 Å². The average Bonchev–Trinajstić information content (AvgIpc) is 3.03. The largest absolute Gasteiger partial charge is 0.382 e. The van der Waals surface area contributed by atoms with E-state index in [1.165, 1.54) is 6.33 Å². The predicted octanol–water partition coefficient (Wildman–Crippen LogP) is 0.357. The Kier molecular flexibility index (Phi) is 3.51. The number of fused-ring (bicyclic) bond motifs is 1. The Labute approximate surface area is 115 Å². The van der Waals surface area contributed by atoms with Gasteiger partial charge in [0.05, 0.1) is 19.0 Å². The van der Waals surface area contributed by atoms with Crippen LogP contribution in [0.5, 0.6) is 0 Å². The van der Waals surface area contributed by atoms with E-state index in [0.29, 0.717) is 30.0 Å². The lowest BCUT2D eigenvalue weighted by Crippen LogP contribution is -2.27. The molecule has 1 aliphatic rings. The van der Waals surface area contributed by atoms with Crippen LogP contribution in [0.4, 0.5) is 5.82 Å². The highest BCUT2D eigenvalue weighted by Crippen LogP contribution is 2.32. The molecular weight excluding hydrogens is 262 g/mol. The third-order valence-electron chi connectivity index (χ3n) is 3.51. The number of methoxy groups -OCH3 is 2. The summed E-state index contributed by atoms with van der Waals surface area (Å²) in [5.74, 6) is 0.364. The Morgan fingerprint density at radius 2 is 2.25 bits per heavy atom. The van der Waals surface area contributed by atoms with Gasteiger partial charge in [-0.3, -0.25) is 4.57 Å². The van der Waals surface area contributed by atoms with Crippen LogP contribution in [0.1, 0.15) is 12.6 Å². The molecule has 8 nitrogen and oxygen atoms in total. The first kappa shape index (κ1) is 13.2. The second-order valence-corrected chi connectivity index (χ2v) is 4.68. The molecular formula is C12H17N5O3. The number of hydrogen-bond donors (Lipinski definition) is 1. The molecule has 8 heteroatoms. The van der Waals surface area contributed by atoms with Gasteiger partial charge in [0.1, 0.15) is 24.2 Å². The van der Waals surface area contributed by atoms with Crippen molar-refractivity contribution in [3.8, 4) is 0 Å². The second kappa shape index (κ2) is 5.31. The second-order valence-electron chi connectivity index (χ2n) is 4.68. The molecule has 1 fully saturated rings. The lowest BCUT2D eigenvalue weighted by molar-refractivity contribution is -0.0597. The van der Waals surface area contributed by atoms with Crippen molar-refractivity contribution in [2.75, 3.05) is 26.6 Å². The molecule has 3 rings (SSSR count). The van der Waals surface area contributed by atoms with Crippen LogP contribution in [-0.4, -0.2) is 52.6 Å². The van der Waals surface area contributed by atoms with Gasteiger partial charge in [0, 0.05) is 20.6 Å². The quantitative estimate of drug-likeness (QED) is 0.862. The maximum Gasteiger partial charge on any atom is 0.167 e. The SMILES string of the molecule is COCC1OC(n2cnc3c(N)ncnc32)CC1OC. The zero-order valence-electron chi connectivity index (χ0n) is 11.4. The van der Waals surface area contributed by atoms with Gasteiger partial charge < -0.3 is 19.9 Å². The zero-order chi connectivity index (χ0) is 14.1. The Morgan fingerprint density at radius 1 is 1.40 bits per heavy atom. The number of rotatable bonds is 4. The molecule has 1 aliphatic heterocycles. The van der Waals surface area contributed by atoms with Crippen LogP contribution in [0.15, 0.2) is 12.7 Å². The van der Waals surface area contributed by atoms with Crippen LogP contribution in [0.3, 0.4) is 0 Å². The number of nitrogens with two attached hydrogens (primary N) is 1. The topological polar surface area (TPSA) is 97.3 Å². The molecule has 1 saturated heterocycles. The Hall–Kier alpha value is -1.77. The van der Waals surface area contributed by atoms with Gasteiger partial charge in [0.2, 0.25) is 0 Å². The summed E-state index contributed by atoms with van der Waals surface area (Å²) in [5.41, 5.74) is 7.03. The number of nitrogens with zero attached hydrogens (tertiary/aromatic N) is 4. The van der Waals surface area contributed by atoms with E-state index in [2.05, 4.69) is 15.0 Å². The summed E-state index contributed by atoms with van der Waals surface area (Å²) in [5, 5.41) is 0. The van der Waals surface area contributed by atoms with Gasteiger partial charge in [-0.2, -0.15) is 0 Å². The van der Waals surface area contributed by atoms with E-state index in [4.69, 9.17) is 19.9 Å². The molecule has 0 radical (unpaired) electrons. The van der Waals surface area contributed by atoms with Crippen LogP contribution in [-0.2, 0) is 14.2 Å². The molecule has 0 amide bonds. The minimum Gasteiger partial charge on any atom is -0.382 e. The van der Waals surface area contributed by atoms with Gasteiger partial charge in [-0.25, -0.2) is 15.0 Å². The summed E-state index contributed by atoms with van der Waals surface area (Å²) in [7, 11) is 3.31. The number of aromatic nitrogens is 4. The van der Waals surface area contributed by atoms with Gasteiger partial charge in [-0.05, 0) is 0 Å². The summed E-state index contributed by atoms with van der Waals surface area (Å²) in [6, 6.07) is 0. The normalized spacial score (nSPS) is 26.4. The van der Waals surface area contributed by atoms with Gasteiger partial charge >= 0.3 is 0 Å². The van der Waals surface area contributed by atoms with Crippen molar-refractivity contribution in [1.82, 2.24) is 19.5 Å². The summed E-state index contributed by atoms with van der Waals surface area (Å²) in [6.07, 6.45) is 3.48. The van der Waals surface area contributed by atoms with E-state index in [1.807, 2.05) is 4.57 Å². The monoisotopic (exact) mass is 279 g/mol. The van der Waals surface area contributed by atoms with Crippen LogP contribution in [0, 0.1) is 0 Å². The van der Waals surface area contributed by atoms with Gasteiger partial charge in [0.25, 0.3) is 0 Å². The molecule has 3 unspecified atom stereocenters.